The van der Waals surface area contributed by atoms with Gasteiger partial charge in [-0.15, -0.1) is 0 Å². The van der Waals surface area contributed by atoms with Gasteiger partial charge in [0.05, 0.1) is 23.6 Å². The maximum absolute atomic E-state index is 14.3. The molecule has 2 fully saturated rings. The first-order valence-corrected chi connectivity index (χ1v) is 13.9. The minimum absolute atomic E-state index is 0.0163. The average Bonchev–Trinajstić information content (AvgIpc) is 3.23. The molecule has 0 bridgehead atoms. The third kappa shape index (κ3) is 4.60. The number of hydrogen-bond donors (Lipinski definition) is 0. The molecule has 36 heavy (non-hydrogen) atoms. The molecule has 2 aliphatic carbocycles. The maximum atomic E-state index is 14.3. The van der Waals surface area contributed by atoms with E-state index in [1.54, 1.807) is 0 Å². The molecule has 0 spiro atoms. The molecule has 1 aromatic carbocycles. The van der Waals surface area contributed by atoms with Gasteiger partial charge in [-0.25, -0.2) is 9.30 Å². The van der Waals surface area contributed by atoms with E-state index >= 15 is 0 Å². The Morgan fingerprint density at radius 2 is 1.39 bits per heavy atom. The Hall–Kier alpha value is -2.95. The molecule has 2 aromatic heterocycles. The first-order chi connectivity index (χ1) is 17.4. The van der Waals surface area contributed by atoms with Crippen LogP contribution >= 0.6 is 0 Å². The lowest BCUT2D eigenvalue weighted by atomic mass is 9.87. The zero-order chi connectivity index (χ0) is 25.3. The third-order valence-electron chi connectivity index (χ3n) is 8.01. The fourth-order valence-electron chi connectivity index (χ4n) is 6.23. The van der Waals surface area contributed by atoms with Crippen molar-refractivity contribution in [2.24, 2.45) is 11.8 Å². The molecule has 5 nitrogen and oxygen atoms in total. The molecule has 0 N–H and O–H groups in total. The molecule has 0 radical (unpaired) electrons. The predicted octanol–water partition coefficient (Wildman–Crippen LogP) is 6.83. The number of nitrogens with zero attached hydrogens (tertiary/aromatic N) is 3. The van der Waals surface area contributed by atoms with Gasteiger partial charge in [-0.2, -0.15) is 4.57 Å². The second-order valence-electron chi connectivity index (χ2n) is 11.7. The largest absolute Gasteiger partial charge is 0.290 e. The zero-order valence-corrected chi connectivity index (χ0v) is 22.1. The first-order valence-electron chi connectivity index (χ1n) is 13.9. The number of fused-ring (bicyclic) bond motifs is 1. The van der Waals surface area contributed by atoms with Crippen molar-refractivity contribution in [3.8, 4) is 11.3 Å². The van der Waals surface area contributed by atoms with Crippen molar-refractivity contribution in [3.63, 3.8) is 0 Å². The molecule has 1 amide bonds. The highest BCUT2D eigenvalue weighted by atomic mass is 16.2. The van der Waals surface area contributed by atoms with E-state index in [1.165, 1.54) is 12.8 Å². The molecule has 0 aliphatic heterocycles. The summed E-state index contributed by atoms with van der Waals surface area (Å²) in [6, 6.07) is 16.2. The second-order valence-corrected chi connectivity index (χ2v) is 11.7. The number of imidazole rings is 1. The standard InChI is InChI=1S/C31H40N3O2/c1-31(2,3)34(30(36)25-19-11-6-12-20-25)28-27(23-15-7-4-8-16-23)33(26-21-13-14-22-32(26)28)29(35)24-17-9-5-10-18-24/h4,7-8,13-16,21-22,24-25H,5-6,9-12,17-20H2,1-3H3/q+1. The van der Waals surface area contributed by atoms with Crippen molar-refractivity contribution in [1.29, 1.82) is 0 Å². The topological polar surface area (TPSA) is 46.4 Å². The van der Waals surface area contributed by atoms with Gasteiger partial charge in [0.1, 0.15) is 0 Å². The van der Waals surface area contributed by atoms with Crippen molar-refractivity contribution < 1.29 is 14.0 Å². The first kappa shape index (κ1) is 24.7. The summed E-state index contributed by atoms with van der Waals surface area (Å²) < 4.78 is 4.00. The summed E-state index contributed by atoms with van der Waals surface area (Å²) in [5.41, 5.74) is 2.17. The predicted molar refractivity (Wildman–Crippen MR) is 144 cm³/mol. The highest BCUT2D eigenvalue weighted by molar-refractivity contribution is 6.00. The number of pyridine rings is 1. The number of rotatable bonds is 4. The minimum atomic E-state index is -0.450. The lowest BCUT2D eigenvalue weighted by Gasteiger charge is -2.34. The molecule has 0 unspecified atom stereocenters. The fourth-order valence-corrected chi connectivity index (χ4v) is 6.23. The Morgan fingerprint density at radius 1 is 0.806 bits per heavy atom. The molecule has 3 aromatic rings. The summed E-state index contributed by atoms with van der Waals surface area (Å²) >= 11 is 0. The van der Waals surface area contributed by atoms with Gasteiger partial charge < -0.3 is 0 Å². The Bertz CT molecular complexity index is 1230. The fraction of sp³-hybridized carbons (Fsp3) is 0.516. The van der Waals surface area contributed by atoms with Crippen molar-refractivity contribution in [3.05, 3.63) is 54.7 Å². The van der Waals surface area contributed by atoms with Gasteiger partial charge in [-0.1, -0.05) is 74.9 Å². The summed E-state index contributed by atoms with van der Waals surface area (Å²) in [5.74, 6) is 1.19. The van der Waals surface area contributed by atoms with Crippen LogP contribution in [0.15, 0.2) is 54.7 Å². The second kappa shape index (κ2) is 10.2. The minimum Gasteiger partial charge on any atom is -0.256 e. The number of hydrogen-bond acceptors (Lipinski definition) is 2. The smallest absolute Gasteiger partial charge is 0.256 e. The van der Waals surface area contributed by atoms with Crippen LogP contribution in [-0.4, -0.2) is 21.9 Å². The maximum Gasteiger partial charge on any atom is 0.290 e. The number of carbonyl (C=O) groups excluding carboxylic acids is 2. The van der Waals surface area contributed by atoms with E-state index in [9.17, 15) is 9.59 Å². The van der Waals surface area contributed by atoms with Crippen LogP contribution in [0.3, 0.4) is 0 Å². The number of anilines is 1. The summed E-state index contributed by atoms with van der Waals surface area (Å²) in [7, 11) is 0. The molecule has 0 atom stereocenters. The van der Waals surface area contributed by atoms with E-state index in [4.69, 9.17) is 0 Å². The number of carbonyl (C=O) groups is 2. The van der Waals surface area contributed by atoms with E-state index in [-0.39, 0.29) is 23.7 Å². The van der Waals surface area contributed by atoms with E-state index in [1.807, 2.05) is 52.1 Å². The van der Waals surface area contributed by atoms with Crippen LogP contribution < -0.4 is 9.30 Å². The van der Waals surface area contributed by atoms with Crippen molar-refractivity contribution >= 4 is 23.3 Å². The molecule has 2 aliphatic rings. The molecule has 2 saturated carbocycles. The van der Waals surface area contributed by atoms with Gasteiger partial charge in [0.2, 0.25) is 5.65 Å². The van der Waals surface area contributed by atoms with Gasteiger partial charge in [-0.3, -0.25) is 9.59 Å². The summed E-state index contributed by atoms with van der Waals surface area (Å²) in [6.07, 6.45) is 12.6. The third-order valence-corrected chi connectivity index (χ3v) is 8.01. The van der Waals surface area contributed by atoms with E-state index in [2.05, 4.69) is 37.3 Å². The van der Waals surface area contributed by atoms with Crippen molar-refractivity contribution in [2.45, 2.75) is 90.5 Å². The van der Waals surface area contributed by atoms with Gasteiger partial charge in [-0.05, 0) is 52.5 Å². The van der Waals surface area contributed by atoms with E-state index in [0.29, 0.717) is 0 Å². The zero-order valence-electron chi connectivity index (χ0n) is 22.1. The monoisotopic (exact) mass is 486 g/mol. The molecular formula is C31H40N3O2+. The molecule has 2 heterocycles. The van der Waals surface area contributed by atoms with Crippen LogP contribution in [-0.2, 0) is 4.79 Å². The number of aromatic nitrogens is 2. The number of benzene rings is 1. The lowest BCUT2D eigenvalue weighted by molar-refractivity contribution is -0.497. The van der Waals surface area contributed by atoms with Crippen LogP contribution in [0.2, 0.25) is 0 Å². The van der Waals surface area contributed by atoms with Crippen LogP contribution in [0.4, 0.5) is 5.82 Å². The average molecular weight is 487 g/mol. The van der Waals surface area contributed by atoms with E-state index in [0.717, 1.165) is 74.1 Å². The highest BCUT2D eigenvalue weighted by Gasteiger charge is 2.45. The SMILES string of the molecule is CC(C)(C)N(C(=O)C1CCCCC1)c1c(-c2ccccc2)n(C(=O)C2CCCCC2)c2cccc[n+]12. The van der Waals surface area contributed by atoms with Crippen molar-refractivity contribution in [1.82, 2.24) is 4.57 Å². The van der Waals surface area contributed by atoms with Gasteiger partial charge in [0.25, 0.3) is 17.6 Å². The van der Waals surface area contributed by atoms with Crippen LogP contribution in [0, 0.1) is 11.8 Å². The highest BCUT2D eigenvalue weighted by Crippen LogP contribution is 2.38. The van der Waals surface area contributed by atoms with Gasteiger partial charge >= 0.3 is 0 Å². The normalized spacial score (nSPS) is 17.9. The molecule has 0 saturated heterocycles. The molecule has 5 rings (SSSR count). The van der Waals surface area contributed by atoms with Crippen LogP contribution in [0.1, 0.15) is 89.8 Å². The van der Waals surface area contributed by atoms with Crippen molar-refractivity contribution in [2.75, 3.05) is 4.90 Å². The van der Waals surface area contributed by atoms with Gasteiger partial charge in [0.15, 0.2) is 5.69 Å². The van der Waals surface area contributed by atoms with E-state index < -0.39 is 5.54 Å². The Kier molecular flexibility index (Phi) is 7.00. The molecule has 5 heteroatoms. The summed E-state index contributed by atoms with van der Waals surface area (Å²) in [5, 5.41) is 0. The molecule has 190 valence electrons. The lowest BCUT2D eigenvalue weighted by Crippen LogP contribution is -2.52. The molecular weight excluding hydrogens is 446 g/mol. The van der Waals surface area contributed by atoms with Gasteiger partial charge in [0, 0.05) is 11.6 Å². The Morgan fingerprint density at radius 3 is 2.00 bits per heavy atom. The quantitative estimate of drug-likeness (QED) is 0.380. The Labute approximate surface area is 215 Å². The van der Waals surface area contributed by atoms with Crippen LogP contribution in [0.25, 0.3) is 16.9 Å². The number of amides is 1. The summed E-state index contributed by atoms with van der Waals surface area (Å²) in [4.78, 5) is 30.5. The summed E-state index contributed by atoms with van der Waals surface area (Å²) in [6.45, 7) is 6.33. The Balaban J connectivity index is 1.78. The van der Waals surface area contributed by atoms with Crippen LogP contribution in [0.5, 0.6) is 0 Å².